The first-order valence-electron chi connectivity index (χ1n) is 9.02. The van der Waals surface area contributed by atoms with Gasteiger partial charge in [0.15, 0.2) is 6.61 Å². The smallest absolute Gasteiger partial charge is 0.260 e. The number of amides is 2. The van der Waals surface area contributed by atoms with Gasteiger partial charge in [-0.1, -0.05) is 41.4 Å². The second kappa shape index (κ2) is 7.53. The van der Waals surface area contributed by atoms with Crippen molar-refractivity contribution in [2.24, 2.45) is 0 Å². The molecule has 4 rings (SSSR count). The lowest BCUT2D eigenvalue weighted by Gasteiger charge is -2.46. The molecule has 146 valence electrons. The third-order valence-electron chi connectivity index (χ3n) is 5.12. The molecule has 2 aromatic rings. The van der Waals surface area contributed by atoms with Crippen molar-refractivity contribution in [1.82, 2.24) is 10.2 Å². The Labute approximate surface area is 172 Å². The summed E-state index contributed by atoms with van der Waals surface area (Å²) in [5, 5.41) is 6.98. The van der Waals surface area contributed by atoms with Gasteiger partial charge in [0.1, 0.15) is 11.4 Å². The molecule has 1 spiro atoms. The van der Waals surface area contributed by atoms with Gasteiger partial charge in [-0.2, -0.15) is 0 Å². The van der Waals surface area contributed by atoms with Crippen molar-refractivity contribution < 1.29 is 14.3 Å². The summed E-state index contributed by atoms with van der Waals surface area (Å²) < 4.78 is 5.54. The number of nitrogens with one attached hydrogen (secondary N) is 2. The molecule has 2 aliphatic rings. The fourth-order valence-electron chi connectivity index (χ4n) is 3.59. The first-order valence-corrected chi connectivity index (χ1v) is 9.77. The molecule has 28 heavy (non-hydrogen) atoms. The Kier molecular flexibility index (Phi) is 5.08. The molecular weight excluding hydrogens is 401 g/mol. The van der Waals surface area contributed by atoms with Gasteiger partial charge >= 0.3 is 0 Å². The maximum Gasteiger partial charge on any atom is 0.260 e. The summed E-state index contributed by atoms with van der Waals surface area (Å²) in [6.45, 7) is 1.02. The molecule has 0 aromatic heterocycles. The number of para-hydroxylation sites is 1. The van der Waals surface area contributed by atoms with Crippen LogP contribution in [-0.2, 0) is 4.79 Å². The van der Waals surface area contributed by atoms with Crippen molar-refractivity contribution in [3.8, 4) is 5.75 Å². The lowest BCUT2D eigenvalue weighted by atomic mass is 9.92. The number of hydrogen-bond acceptors (Lipinski definition) is 4. The van der Waals surface area contributed by atoms with E-state index in [0.29, 0.717) is 48.0 Å². The fraction of sp³-hybridized carbons (Fsp3) is 0.300. The van der Waals surface area contributed by atoms with E-state index in [-0.39, 0.29) is 23.4 Å². The largest absolute Gasteiger partial charge is 0.484 e. The standard InChI is InChI=1S/C20H19Cl2N3O3/c21-14-6-7-15-17(18(14)22)19(27)24-20(23-15)8-10-25(11-9-20)16(26)12-28-13-4-2-1-3-5-13/h1-7,23H,8-12H2,(H,24,27). The van der Waals surface area contributed by atoms with E-state index in [1.54, 1.807) is 17.0 Å². The topological polar surface area (TPSA) is 70.7 Å². The molecule has 2 amide bonds. The van der Waals surface area contributed by atoms with Crippen LogP contribution in [-0.4, -0.2) is 42.1 Å². The quantitative estimate of drug-likeness (QED) is 0.797. The SMILES string of the molecule is O=C1NC2(CCN(C(=O)COc3ccccc3)CC2)Nc2ccc(Cl)c(Cl)c21. The first kappa shape index (κ1) is 18.9. The van der Waals surface area contributed by atoms with Crippen LogP contribution >= 0.6 is 23.2 Å². The van der Waals surface area contributed by atoms with E-state index in [2.05, 4.69) is 10.6 Å². The van der Waals surface area contributed by atoms with E-state index in [1.165, 1.54) is 0 Å². The third kappa shape index (κ3) is 3.62. The Morgan fingerprint density at radius 1 is 1.07 bits per heavy atom. The number of ether oxygens (including phenoxy) is 1. The Morgan fingerprint density at radius 2 is 1.79 bits per heavy atom. The van der Waals surface area contributed by atoms with Crippen LogP contribution in [0.25, 0.3) is 0 Å². The molecule has 0 saturated carbocycles. The van der Waals surface area contributed by atoms with Gasteiger partial charge in [0.25, 0.3) is 11.8 Å². The molecule has 0 radical (unpaired) electrons. The number of piperidine rings is 1. The van der Waals surface area contributed by atoms with Crippen LogP contribution in [0.5, 0.6) is 5.75 Å². The highest BCUT2D eigenvalue weighted by atomic mass is 35.5. The van der Waals surface area contributed by atoms with Crippen molar-refractivity contribution >= 4 is 40.7 Å². The lowest BCUT2D eigenvalue weighted by molar-refractivity contribution is -0.134. The molecule has 0 aliphatic carbocycles. The van der Waals surface area contributed by atoms with E-state index < -0.39 is 5.66 Å². The Morgan fingerprint density at radius 3 is 2.50 bits per heavy atom. The summed E-state index contributed by atoms with van der Waals surface area (Å²) in [6.07, 6.45) is 1.16. The number of benzene rings is 2. The minimum Gasteiger partial charge on any atom is -0.484 e. The molecule has 2 aliphatic heterocycles. The van der Waals surface area contributed by atoms with Gasteiger partial charge < -0.3 is 20.3 Å². The molecule has 2 N–H and O–H groups in total. The maximum absolute atomic E-state index is 12.6. The van der Waals surface area contributed by atoms with Gasteiger partial charge in [0.05, 0.1) is 21.3 Å². The number of hydrogen-bond donors (Lipinski definition) is 2. The molecule has 2 heterocycles. The highest BCUT2D eigenvalue weighted by molar-refractivity contribution is 6.44. The zero-order chi connectivity index (χ0) is 19.7. The van der Waals surface area contributed by atoms with E-state index in [0.717, 1.165) is 0 Å². The lowest BCUT2D eigenvalue weighted by Crippen LogP contribution is -2.63. The van der Waals surface area contributed by atoms with Crippen LogP contribution in [0.4, 0.5) is 5.69 Å². The highest BCUT2D eigenvalue weighted by Gasteiger charge is 2.41. The van der Waals surface area contributed by atoms with Crippen molar-refractivity contribution in [2.45, 2.75) is 18.5 Å². The third-order valence-corrected chi connectivity index (χ3v) is 5.93. The zero-order valence-electron chi connectivity index (χ0n) is 15.0. The molecular formula is C20H19Cl2N3O3. The Balaban J connectivity index is 1.39. The first-order chi connectivity index (χ1) is 13.5. The van der Waals surface area contributed by atoms with Crippen LogP contribution in [0.1, 0.15) is 23.2 Å². The normalized spacial score (nSPS) is 17.5. The predicted molar refractivity (Wildman–Crippen MR) is 108 cm³/mol. The maximum atomic E-state index is 12.6. The number of fused-ring (bicyclic) bond motifs is 1. The van der Waals surface area contributed by atoms with Crippen LogP contribution in [0.3, 0.4) is 0 Å². The van der Waals surface area contributed by atoms with Crippen molar-refractivity contribution in [3.63, 3.8) is 0 Å². The van der Waals surface area contributed by atoms with Gasteiger partial charge in [0, 0.05) is 25.9 Å². The zero-order valence-corrected chi connectivity index (χ0v) is 16.5. The number of anilines is 1. The number of carbonyl (C=O) groups is 2. The number of rotatable bonds is 3. The minimum absolute atomic E-state index is 0.00621. The van der Waals surface area contributed by atoms with E-state index in [9.17, 15) is 9.59 Å². The summed E-state index contributed by atoms with van der Waals surface area (Å²) in [6, 6.07) is 12.7. The van der Waals surface area contributed by atoms with E-state index in [1.807, 2.05) is 30.3 Å². The second-order valence-corrected chi connectivity index (χ2v) is 7.71. The van der Waals surface area contributed by atoms with Crippen LogP contribution < -0.4 is 15.4 Å². The van der Waals surface area contributed by atoms with Crippen molar-refractivity contribution in [2.75, 3.05) is 25.0 Å². The van der Waals surface area contributed by atoms with Crippen molar-refractivity contribution in [3.05, 3.63) is 58.1 Å². The Hall–Kier alpha value is -2.44. The highest BCUT2D eigenvalue weighted by Crippen LogP contribution is 2.37. The molecule has 0 unspecified atom stereocenters. The number of carbonyl (C=O) groups excluding carboxylic acids is 2. The monoisotopic (exact) mass is 419 g/mol. The van der Waals surface area contributed by atoms with Gasteiger partial charge in [-0.15, -0.1) is 0 Å². The molecule has 0 atom stereocenters. The molecule has 1 saturated heterocycles. The summed E-state index contributed by atoms with van der Waals surface area (Å²) in [7, 11) is 0. The molecule has 2 aromatic carbocycles. The van der Waals surface area contributed by atoms with Gasteiger partial charge in [-0.3, -0.25) is 9.59 Å². The Bertz CT molecular complexity index is 912. The molecule has 8 heteroatoms. The summed E-state index contributed by atoms with van der Waals surface area (Å²) in [5.41, 5.74) is 0.415. The van der Waals surface area contributed by atoms with Crippen LogP contribution in [0.2, 0.25) is 10.0 Å². The average molecular weight is 420 g/mol. The number of nitrogens with zero attached hydrogens (tertiary/aromatic N) is 1. The number of likely N-dealkylation sites (tertiary alicyclic amines) is 1. The van der Waals surface area contributed by atoms with Crippen LogP contribution in [0, 0.1) is 0 Å². The molecule has 0 bridgehead atoms. The average Bonchev–Trinajstić information content (AvgIpc) is 2.70. The summed E-state index contributed by atoms with van der Waals surface area (Å²) in [5.74, 6) is 0.335. The summed E-state index contributed by atoms with van der Waals surface area (Å²) >= 11 is 12.2. The van der Waals surface area contributed by atoms with Crippen molar-refractivity contribution in [1.29, 1.82) is 0 Å². The predicted octanol–water partition coefficient (Wildman–Crippen LogP) is 3.55. The summed E-state index contributed by atoms with van der Waals surface area (Å²) in [4.78, 5) is 26.8. The number of halogens is 2. The molecule has 6 nitrogen and oxygen atoms in total. The molecule has 1 fully saturated rings. The van der Waals surface area contributed by atoms with Gasteiger partial charge in [-0.05, 0) is 24.3 Å². The van der Waals surface area contributed by atoms with E-state index in [4.69, 9.17) is 27.9 Å². The van der Waals surface area contributed by atoms with E-state index >= 15 is 0 Å². The minimum atomic E-state index is -0.599. The van der Waals surface area contributed by atoms with Crippen LogP contribution in [0.15, 0.2) is 42.5 Å². The second-order valence-electron chi connectivity index (χ2n) is 6.93. The van der Waals surface area contributed by atoms with Gasteiger partial charge in [0.2, 0.25) is 0 Å². The fourth-order valence-corrected chi connectivity index (χ4v) is 3.99. The van der Waals surface area contributed by atoms with Gasteiger partial charge in [-0.25, -0.2) is 0 Å².